The van der Waals surface area contributed by atoms with Gasteiger partial charge < -0.3 is 16.0 Å². The van der Waals surface area contributed by atoms with Gasteiger partial charge in [-0.25, -0.2) is 9.97 Å². The lowest BCUT2D eigenvalue weighted by Gasteiger charge is -2.27. The van der Waals surface area contributed by atoms with E-state index < -0.39 is 0 Å². The summed E-state index contributed by atoms with van der Waals surface area (Å²) in [5.74, 6) is 0.834. The van der Waals surface area contributed by atoms with Crippen LogP contribution in [0.3, 0.4) is 0 Å². The van der Waals surface area contributed by atoms with Crippen molar-refractivity contribution in [3.8, 4) is 11.3 Å². The van der Waals surface area contributed by atoms with Crippen molar-refractivity contribution in [2.24, 2.45) is 0 Å². The number of nitrogens with one attached hydrogen (secondary N) is 3. The van der Waals surface area contributed by atoms with E-state index in [2.05, 4.69) is 32.5 Å². The molecule has 3 rings (SSSR count). The molecule has 0 amide bonds. The minimum atomic E-state index is 0.414. The second-order valence-corrected chi connectivity index (χ2v) is 6.04. The fourth-order valence-electron chi connectivity index (χ4n) is 2.80. The summed E-state index contributed by atoms with van der Waals surface area (Å²) >= 11 is 1.59. The topological polar surface area (TPSA) is 61.9 Å². The number of nitrogens with zero attached hydrogens (tertiary/aromatic N) is 2. The average Bonchev–Trinajstić information content (AvgIpc) is 3.09. The second kappa shape index (κ2) is 6.89. The van der Waals surface area contributed by atoms with Crippen molar-refractivity contribution < 1.29 is 0 Å². The standard InChI is InChI=1S/C16H21N5S/c1-3-12-15(21-11-5-4-6-18-7-11)13(8-19-16(12)17-2)14-9-22-10-20-14/h3,8-11,18H,1,4-7H2,2H3,(H2,17,19,21)/t11-/m1/s1. The molecule has 0 spiro atoms. The van der Waals surface area contributed by atoms with E-state index in [1.165, 1.54) is 6.42 Å². The minimum absolute atomic E-state index is 0.414. The summed E-state index contributed by atoms with van der Waals surface area (Å²) in [5, 5.41) is 12.3. The van der Waals surface area contributed by atoms with Gasteiger partial charge in [0.25, 0.3) is 0 Å². The molecular formula is C16H21N5S. The molecule has 1 aliphatic rings. The Morgan fingerprint density at radius 1 is 1.45 bits per heavy atom. The number of piperidine rings is 1. The molecule has 2 aromatic heterocycles. The van der Waals surface area contributed by atoms with E-state index in [9.17, 15) is 0 Å². The highest BCUT2D eigenvalue weighted by atomic mass is 32.1. The van der Waals surface area contributed by atoms with Gasteiger partial charge >= 0.3 is 0 Å². The van der Waals surface area contributed by atoms with Crippen LogP contribution >= 0.6 is 11.3 Å². The molecule has 0 saturated carbocycles. The van der Waals surface area contributed by atoms with Crippen LogP contribution in [0, 0.1) is 0 Å². The van der Waals surface area contributed by atoms with Crippen LogP contribution in [0.2, 0.25) is 0 Å². The first-order valence-electron chi connectivity index (χ1n) is 7.52. The maximum Gasteiger partial charge on any atom is 0.135 e. The van der Waals surface area contributed by atoms with Crippen molar-refractivity contribution in [2.75, 3.05) is 30.8 Å². The summed E-state index contributed by atoms with van der Waals surface area (Å²) in [6.07, 6.45) is 6.09. The number of thiazole rings is 1. The number of aromatic nitrogens is 2. The molecule has 0 aromatic carbocycles. The molecule has 1 fully saturated rings. The Hall–Kier alpha value is -1.92. The first kappa shape index (κ1) is 15.0. The predicted octanol–water partition coefficient (Wildman–Crippen LogP) is 3.05. The smallest absolute Gasteiger partial charge is 0.135 e. The van der Waals surface area contributed by atoms with Gasteiger partial charge in [-0.2, -0.15) is 0 Å². The fraction of sp³-hybridized carbons (Fsp3) is 0.375. The normalized spacial score (nSPS) is 18.0. The van der Waals surface area contributed by atoms with Gasteiger partial charge in [-0.15, -0.1) is 11.3 Å². The Morgan fingerprint density at radius 2 is 2.36 bits per heavy atom. The van der Waals surface area contributed by atoms with Gasteiger partial charge in [-0.05, 0) is 19.4 Å². The zero-order chi connectivity index (χ0) is 15.4. The molecule has 0 aliphatic carbocycles. The third-order valence-corrected chi connectivity index (χ3v) is 4.50. The van der Waals surface area contributed by atoms with Crippen LogP contribution in [0.5, 0.6) is 0 Å². The summed E-state index contributed by atoms with van der Waals surface area (Å²) in [6.45, 7) is 6.04. The molecule has 3 heterocycles. The molecule has 1 saturated heterocycles. The third kappa shape index (κ3) is 2.98. The van der Waals surface area contributed by atoms with Crippen LogP contribution < -0.4 is 16.0 Å². The average molecular weight is 315 g/mol. The second-order valence-electron chi connectivity index (χ2n) is 5.32. The van der Waals surface area contributed by atoms with Crippen molar-refractivity contribution in [3.63, 3.8) is 0 Å². The Morgan fingerprint density at radius 3 is 3.00 bits per heavy atom. The Kier molecular flexibility index (Phi) is 4.70. The van der Waals surface area contributed by atoms with Crippen molar-refractivity contribution >= 4 is 28.9 Å². The van der Waals surface area contributed by atoms with E-state index in [4.69, 9.17) is 0 Å². The van der Waals surface area contributed by atoms with Gasteiger partial charge in [0.15, 0.2) is 0 Å². The highest BCUT2D eigenvalue weighted by Crippen LogP contribution is 2.35. The molecule has 0 unspecified atom stereocenters. The summed E-state index contributed by atoms with van der Waals surface area (Å²) in [4.78, 5) is 8.94. The molecule has 1 atom stereocenters. The molecule has 1 aliphatic heterocycles. The fourth-order valence-corrected chi connectivity index (χ4v) is 3.35. The van der Waals surface area contributed by atoms with Crippen molar-refractivity contribution in [3.05, 3.63) is 29.2 Å². The van der Waals surface area contributed by atoms with Gasteiger partial charge in [0, 0.05) is 42.3 Å². The molecular weight excluding hydrogens is 294 g/mol. The first-order chi connectivity index (χ1) is 10.8. The van der Waals surface area contributed by atoms with Crippen molar-refractivity contribution in [1.29, 1.82) is 0 Å². The predicted molar refractivity (Wildman–Crippen MR) is 94.5 cm³/mol. The van der Waals surface area contributed by atoms with E-state index in [1.807, 2.05) is 30.2 Å². The van der Waals surface area contributed by atoms with E-state index in [0.29, 0.717) is 6.04 Å². The SMILES string of the molecule is C=Cc1c(NC)ncc(-c2cscn2)c1N[C@@H]1CCCNC1. The molecule has 6 heteroatoms. The summed E-state index contributed by atoms with van der Waals surface area (Å²) in [7, 11) is 1.88. The number of pyridine rings is 1. The van der Waals surface area contributed by atoms with Crippen molar-refractivity contribution in [2.45, 2.75) is 18.9 Å². The summed E-state index contributed by atoms with van der Waals surface area (Å²) in [5.41, 5.74) is 5.89. The van der Waals surface area contributed by atoms with Crippen LogP contribution in [0.4, 0.5) is 11.5 Å². The summed E-state index contributed by atoms with van der Waals surface area (Å²) < 4.78 is 0. The highest BCUT2D eigenvalue weighted by molar-refractivity contribution is 7.07. The van der Waals surface area contributed by atoms with Crippen molar-refractivity contribution in [1.82, 2.24) is 15.3 Å². The molecule has 2 aromatic rings. The minimum Gasteiger partial charge on any atom is -0.380 e. The van der Waals surface area contributed by atoms with Gasteiger partial charge in [-0.3, -0.25) is 0 Å². The maximum absolute atomic E-state index is 4.50. The zero-order valence-electron chi connectivity index (χ0n) is 12.7. The number of hydrogen-bond acceptors (Lipinski definition) is 6. The number of rotatable bonds is 5. The van der Waals surface area contributed by atoms with Crippen LogP contribution in [-0.4, -0.2) is 36.1 Å². The van der Waals surface area contributed by atoms with E-state index >= 15 is 0 Å². The lowest BCUT2D eigenvalue weighted by atomic mass is 10.0. The van der Waals surface area contributed by atoms with Gasteiger partial charge in [-0.1, -0.05) is 12.7 Å². The van der Waals surface area contributed by atoms with E-state index in [1.54, 1.807) is 11.3 Å². The number of anilines is 2. The maximum atomic E-state index is 4.50. The van der Waals surface area contributed by atoms with Gasteiger partial charge in [0.2, 0.25) is 0 Å². The summed E-state index contributed by atoms with van der Waals surface area (Å²) in [6, 6.07) is 0.414. The molecule has 0 bridgehead atoms. The lowest BCUT2D eigenvalue weighted by molar-refractivity contribution is 0.480. The zero-order valence-corrected chi connectivity index (χ0v) is 13.5. The van der Waals surface area contributed by atoms with Crippen LogP contribution in [-0.2, 0) is 0 Å². The van der Waals surface area contributed by atoms with Gasteiger partial charge in [0.05, 0.1) is 16.9 Å². The van der Waals surface area contributed by atoms with E-state index in [0.717, 1.165) is 47.8 Å². The lowest BCUT2D eigenvalue weighted by Crippen LogP contribution is -2.38. The first-order valence-corrected chi connectivity index (χ1v) is 8.46. The monoisotopic (exact) mass is 315 g/mol. The van der Waals surface area contributed by atoms with Crippen LogP contribution in [0.25, 0.3) is 17.3 Å². The largest absolute Gasteiger partial charge is 0.380 e. The number of hydrogen-bond donors (Lipinski definition) is 3. The Bertz CT molecular complexity index is 632. The highest BCUT2D eigenvalue weighted by Gasteiger charge is 2.19. The Labute approximate surface area is 134 Å². The molecule has 0 radical (unpaired) electrons. The van der Waals surface area contributed by atoms with Crippen LogP contribution in [0.1, 0.15) is 18.4 Å². The molecule has 22 heavy (non-hydrogen) atoms. The van der Waals surface area contributed by atoms with Crippen LogP contribution in [0.15, 0.2) is 23.7 Å². The Balaban J connectivity index is 2.03. The third-order valence-electron chi connectivity index (χ3n) is 3.91. The van der Waals surface area contributed by atoms with Gasteiger partial charge in [0.1, 0.15) is 5.82 Å². The molecule has 5 nitrogen and oxygen atoms in total. The quantitative estimate of drug-likeness (QED) is 0.791. The molecule has 116 valence electrons. The molecule has 3 N–H and O–H groups in total. The van der Waals surface area contributed by atoms with E-state index in [-0.39, 0.29) is 0 Å².